The molecule has 2 rings (SSSR count). The van der Waals surface area contributed by atoms with Crippen LogP contribution in [0.25, 0.3) is 0 Å². The van der Waals surface area contributed by atoms with E-state index in [1.807, 2.05) is 46.4 Å². The molecule has 1 aliphatic rings. The van der Waals surface area contributed by atoms with E-state index >= 15 is 0 Å². The van der Waals surface area contributed by atoms with E-state index in [9.17, 15) is 13.2 Å². The number of hydrogen-bond acceptors (Lipinski definition) is 2. The highest BCUT2D eigenvalue weighted by Gasteiger charge is 2.40. The summed E-state index contributed by atoms with van der Waals surface area (Å²) in [5.74, 6) is -2.92. The maximum atomic E-state index is 13.5. The van der Waals surface area contributed by atoms with Gasteiger partial charge in [-0.05, 0) is 44.2 Å². The van der Waals surface area contributed by atoms with E-state index in [2.05, 4.69) is 5.32 Å². The molecule has 0 saturated carbocycles. The van der Waals surface area contributed by atoms with E-state index < -0.39 is 12.1 Å². The van der Waals surface area contributed by atoms with Crippen LogP contribution in [-0.2, 0) is 0 Å². The molecule has 0 aliphatic carbocycles. The van der Waals surface area contributed by atoms with Gasteiger partial charge < -0.3 is 10.2 Å². The summed E-state index contributed by atoms with van der Waals surface area (Å²) >= 11 is 0. The standard InChI is InChI=1S/C14H19F3N2.2C2H6/c1-9-6-11(15)7-10(2)13(9)19-5-4-14(16,17)8-12(19)18-3;2*1-2/h6-7,12,18H,4-5,8H2,1-3H3;2*1-2H3. The summed E-state index contributed by atoms with van der Waals surface area (Å²) in [4.78, 5) is 1.92. The van der Waals surface area contributed by atoms with Gasteiger partial charge in [0.2, 0.25) is 0 Å². The molecule has 1 fully saturated rings. The van der Waals surface area contributed by atoms with Crippen LogP contribution in [0.3, 0.4) is 0 Å². The number of benzene rings is 1. The molecular formula is C18H31F3N2. The SMILES string of the molecule is CC.CC.CNC1CC(F)(F)CCN1c1c(C)cc(F)cc1C. The fourth-order valence-corrected chi connectivity index (χ4v) is 2.82. The molecule has 1 aromatic rings. The topological polar surface area (TPSA) is 15.3 Å². The third-order valence-electron chi connectivity index (χ3n) is 3.66. The predicted molar refractivity (Wildman–Crippen MR) is 92.9 cm³/mol. The van der Waals surface area contributed by atoms with Crippen molar-refractivity contribution in [2.24, 2.45) is 0 Å². The molecular weight excluding hydrogens is 301 g/mol. The molecule has 0 bridgehead atoms. The van der Waals surface area contributed by atoms with Crippen LogP contribution in [0.15, 0.2) is 12.1 Å². The van der Waals surface area contributed by atoms with Crippen molar-refractivity contribution in [3.63, 3.8) is 0 Å². The molecule has 1 unspecified atom stereocenters. The average Bonchev–Trinajstić information content (AvgIpc) is 2.51. The van der Waals surface area contributed by atoms with Crippen molar-refractivity contribution in [3.8, 4) is 0 Å². The van der Waals surface area contributed by atoms with Crippen LogP contribution >= 0.6 is 0 Å². The lowest BCUT2D eigenvalue weighted by Gasteiger charge is -2.42. The Kier molecular flexibility index (Phi) is 9.28. The van der Waals surface area contributed by atoms with E-state index in [4.69, 9.17) is 0 Å². The number of nitrogens with one attached hydrogen (secondary N) is 1. The fraction of sp³-hybridized carbons (Fsp3) is 0.667. The Labute approximate surface area is 139 Å². The zero-order valence-corrected chi connectivity index (χ0v) is 15.4. The van der Waals surface area contributed by atoms with Crippen molar-refractivity contribution >= 4 is 5.69 Å². The lowest BCUT2D eigenvalue weighted by Crippen LogP contribution is -2.53. The van der Waals surface area contributed by atoms with Crippen molar-refractivity contribution in [2.75, 3.05) is 18.5 Å². The van der Waals surface area contributed by atoms with Gasteiger partial charge in [0.05, 0.1) is 6.17 Å². The van der Waals surface area contributed by atoms with E-state index in [1.165, 1.54) is 12.1 Å². The number of alkyl halides is 2. The summed E-state index contributed by atoms with van der Waals surface area (Å²) in [6.45, 7) is 11.9. The first-order valence-corrected chi connectivity index (χ1v) is 8.42. The quantitative estimate of drug-likeness (QED) is 0.793. The number of rotatable bonds is 2. The number of nitrogens with zero attached hydrogens (tertiary/aromatic N) is 1. The van der Waals surface area contributed by atoms with Gasteiger partial charge in [-0.1, -0.05) is 27.7 Å². The van der Waals surface area contributed by atoms with Crippen LogP contribution in [0.4, 0.5) is 18.9 Å². The van der Waals surface area contributed by atoms with Crippen molar-refractivity contribution in [1.82, 2.24) is 5.32 Å². The lowest BCUT2D eigenvalue weighted by molar-refractivity contribution is -0.0366. The minimum Gasteiger partial charge on any atom is -0.355 e. The average molecular weight is 332 g/mol. The number of halogens is 3. The third kappa shape index (κ3) is 5.72. The summed E-state index contributed by atoms with van der Waals surface area (Å²) < 4.78 is 40.3. The molecule has 1 atom stereocenters. The van der Waals surface area contributed by atoms with Gasteiger partial charge in [-0.25, -0.2) is 13.2 Å². The first-order valence-electron chi connectivity index (χ1n) is 8.42. The summed E-state index contributed by atoms with van der Waals surface area (Å²) in [6.07, 6.45) is -0.812. The normalized spacial score (nSPS) is 19.2. The molecule has 1 N–H and O–H groups in total. The van der Waals surface area contributed by atoms with Gasteiger partial charge >= 0.3 is 0 Å². The molecule has 2 nitrogen and oxygen atoms in total. The van der Waals surface area contributed by atoms with Gasteiger partial charge in [-0.2, -0.15) is 0 Å². The Morgan fingerprint density at radius 2 is 1.57 bits per heavy atom. The van der Waals surface area contributed by atoms with Gasteiger partial charge in [-0.15, -0.1) is 0 Å². The monoisotopic (exact) mass is 332 g/mol. The number of piperidine rings is 1. The Hall–Kier alpha value is -1.23. The van der Waals surface area contributed by atoms with Crippen LogP contribution < -0.4 is 10.2 Å². The van der Waals surface area contributed by atoms with Crippen LogP contribution in [0.5, 0.6) is 0 Å². The van der Waals surface area contributed by atoms with Gasteiger partial charge in [-0.3, -0.25) is 0 Å². The fourth-order valence-electron chi connectivity index (χ4n) is 2.82. The highest BCUT2D eigenvalue weighted by molar-refractivity contribution is 5.60. The Balaban J connectivity index is 0.00000112. The first kappa shape index (κ1) is 21.8. The van der Waals surface area contributed by atoms with Gasteiger partial charge in [0.15, 0.2) is 0 Å². The lowest BCUT2D eigenvalue weighted by atomic mass is 9.99. The Morgan fingerprint density at radius 3 is 2.00 bits per heavy atom. The van der Waals surface area contributed by atoms with Crippen molar-refractivity contribution in [3.05, 3.63) is 29.1 Å². The largest absolute Gasteiger partial charge is 0.355 e. The summed E-state index contributed by atoms with van der Waals surface area (Å²) in [6, 6.07) is 2.89. The molecule has 1 heterocycles. The van der Waals surface area contributed by atoms with Gasteiger partial charge in [0.1, 0.15) is 5.82 Å². The first-order chi connectivity index (χ1) is 10.8. The van der Waals surface area contributed by atoms with Crippen LogP contribution in [0.1, 0.15) is 51.7 Å². The van der Waals surface area contributed by atoms with Crippen LogP contribution in [-0.4, -0.2) is 25.7 Å². The number of anilines is 1. The maximum Gasteiger partial charge on any atom is 0.253 e. The second-order valence-electron chi connectivity index (χ2n) is 5.20. The molecule has 1 aromatic carbocycles. The molecule has 5 heteroatoms. The minimum atomic E-state index is -2.63. The summed E-state index contributed by atoms with van der Waals surface area (Å²) in [5.41, 5.74) is 2.42. The smallest absolute Gasteiger partial charge is 0.253 e. The summed E-state index contributed by atoms with van der Waals surface area (Å²) in [7, 11) is 1.67. The number of hydrogen-bond donors (Lipinski definition) is 1. The highest BCUT2D eigenvalue weighted by atomic mass is 19.3. The molecule has 0 amide bonds. The second kappa shape index (κ2) is 9.81. The van der Waals surface area contributed by atoms with Crippen LogP contribution in [0, 0.1) is 19.7 Å². The van der Waals surface area contributed by atoms with E-state index in [0.717, 1.165) is 16.8 Å². The zero-order valence-electron chi connectivity index (χ0n) is 15.4. The maximum absolute atomic E-state index is 13.5. The molecule has 134 valence electrons. The van der Waals surface area contributed by atoms with Crippen molar-refractivity contribution in [1.29, 1.82) is 0 Å². The van der Waals surface area contributed by atoms with Crippen molar-refractivity contribution in [2.45, 2.75) is 66.5 Å². The molecule has 0 aromatic heterocycles. The van der Waals surface area contributed by atoms with Gasteiger partial charge in [0.25, 0.3) is 5.92 Å². The van der Waals surface area contributed by atoms with Crippen molar-refractivity contribution < 1.29 is 13.2 Å². The van der Waals surface area contributed by atoms with Crippen LogP contribution in [0.2, 0.25) is 0 Å². The second-order valence-corrected chi connectivity index (χ2v) is 5.20. The van der Waals surface area contributed by atoms with Gasteiger partial charge in [0, 0.05) is 25.1 Å². The van der Waals surface area contributed by atoms with E-state index in [1.54, 1.807) is 7.05 Å². The molecule has 1 aliphatic heterocycles. The number of aryl methyl sites for hydroxylation is 2. The van der Waals surface area contributed by atoms with E-state index in [-0.39, 0.29) is 25.2 Å². The van der Waals surface area contributed by atoms with E-state index in [0.29, 0.717) is 0 Å². The predicted octanol–water partition coefficient (Wildman–Crippen LogP) is 5.28. The minimum absolute atomic E-state index is 0.165. The molecule has 0 spiro atoms. The highest BCUT2D eigenvalue weighted by Crippen LogP contribution is 2.36. The third-order valence-corrected chi connectivity index (χ3v) is 3.66. The summed E-state index contributed by atoms with van der Waals surface area (Å²) in [5, 5.41) is 2.93. The Bertz CT molecular complexity index is 452. The zero-order chi connectivity index (χ0) is 18.2. The molecule has 0 radical (unpaired) electrons. The molecule has 23 heavy (non-hydrogen) atoms. The Morgan fingerprint density at radius 1 is 1.09 bits per heavy atom. The molecule has 1 saturated heterocycles.